The van der Waals surface area contributed by atoms with E-state index in [0.717, 1.165) is 68.6 Å². The van der Waals surface area contributed by atoms with E-state index < -0.39 is 0 Å². The molecule has 36 heavy (non-hydrogen) atoms. The summed E-state index contributed by atoms with van der Waals surface area (Å²) >= 11 is 0. The van der Waals surface area contributed by atoms with Gasteiger partial charge in [-0.1, -0.05) is 19.1 Å². The molecular formula is C27H34N6O3. The first-order valence-electron chi connectivity index (χ1n) is 13.0. The molecule has 3 aromatic rings. The van der Waals surface area contributed by atoms with Crippen LogP contribution in [0.2, 0.25) is 0 Å². The molecule has 190 valence electrons. The van der Waals surface area contributed by atoms with Crippen molar-refractivity contribution < 1.29 is 14.3 Å². The first-order valence-corrected chi connectivity index (χ1v) is 13.0. The average molecular weight is 491 g/mol. The maximum atomic E-state index is 13.2. The third-order valence-electron chi connectivity index (χ3n) is 7.10. The summed E-state index contributed by atoms with van der Waals surface area (Å²) in [7, 11) is 0. The lowest BCUT2D eigenvalue weighted by Gasteiger charge is -2.33. The van der Waals surface area contributed by atoms with Crippen molar-refractivity contribution in [2.45, 2.75) is 64.5 Å². The van der Waals surface area contributed by atoms with E-state index >= 15 is 0 Å². The smallest absolute Gasteiger partial charge is 0.319 e. The lowest BCUT2D eigenvalue weighted by atomic mass is 10.0. The molecule has 9 nitrogen and oxygen atoms in total. The number of ether oxygens (including phenoxy) is 1. The van der Waals surface area contributed by atoms with Crippen LogP contribution >= 0.6 is 0 Å². The lowest BCUT2D eigenvalue weighted by Crippen LogP contribution is -2.42. The zero-order chi connectivity index (χ0) is 25.1. The van der Waals surface area contributed by atoms with Crippen LogP contribution in [0.3, 0.4) is 0 Å². The zero-order valence-electron chi connectivity index (χ0n) is 21.0. The Labute approximate surface area is 211 Å². The second-order valence-electron chi connectivity index (χ2n) is 9.68. The van der Waals surface area contributed by atoms with Gasteiger partial charge in [-0.3, -0.25) is 4.79 Å². The van der Waals surface area contributed by atoms with Crippen LogP contribution in [-0.2, 0) is 11.2 Å². The van der Waals surface area contributed by atoms with Gasteiger partial charge in [0.25, 0.3) is 5.91 Å². The Morgan fingerprint density at radius 2 is 1.94 bits per heavy atom. The molecule has 0 radical (unpaired) electrons. The molecule has 0 aliphatic carbocycles. The van der Waals surface area contributed by atoms with E-state index in [2.05, 4.69) is 29.5 Å². The van der Waals surface area contributed by atoms with Gasteiger partial charge in [0, 0.05) is 48.7 Å². The lowest BCUT2D eigenvalue weighted by molar-refractivity contribution is 0.0629. The molecule has 2 N–H and O–H groups in total. The van der Waals surface area contributed by atoms with Gasteiger partial charge in [-0.25, -0.2) is 14.3 Å². The third kappa shape index (κ3) is 5.21. The Balaban J connectivity index is 1.31. The van der Waals surface area contributed by atoms with Crippen LogP contribution < -0.4 is 10.6 Å². The molecule has 2 aromatic heterocycles. The normalized spacial score (nSPS) is 20.0. The molecule has 2 atom stereocenters. The number of carbonyl (C=O) groups is 2. The standard InChI is InChI=1S/C27H34N6O3/c1-3-21-15-24(26(34)32-13-5-4-7-18(32)2)30-25-16-23(31-33(21)25)19-9-11-20(12-10-19)29-27(35)28-17-22-8-6-14-36-22/h9-12,15-16,18,22H,3-8,13-14,17H2,1-2H3,(H2,28,29,35). The summed E-state index contributed by atoms with van der Waals surface area (Å²) in [5, 5.41) is 10.5. The molecule has 3 amide bonds. The van der Waals surface area contributed by atoms with Crippen LogP contribution in [-0.4, -0.2) is 63.3 Å². The van der Waals surface area contributed by atoms with Crippen molar-refractivity contribution in [3.8, 4) is 11.3 Å². The topological polar surface area (TPSA) is 101 Å². The summed E-state index contributed by atoms with van der Waals surface area (Å²) < 4.78 is 7.35. The summed E-state index contributed by atoms with van der Waals surface area (Å²) in [5.74, 6) is -0.00431. The molecule has 2 unspecified atom stereocenters. The van der Waals surface area contributed by atoms with E-state index in [1.807, 2.05) is 45.8 Å². The number of aromatic nitrogens is 3. The van der Waals surface area contributed by atoms with Crippen molar-refractivity contribution in [1.29, 1.82) is 0 Å². The highest BCUT2D eigenvalue weighted by molar-refractivity contribution is 5.93. The van der Waals surface area contributed by atoms with Crippen LogP contribution in [0.5, 0.6) is 0 Å². The van der Waals surface area contributed by atoms with E-state index in [1.54, 1.807) is 0 Å². The second-order valence-corrected chi connectivity index (χ2v) is 9.68. The Hall–Kier alpha value is -3.46. The highest BCUT2D eigenvalue weighted by atomic mass is 16.5. The first kappa shape index (κ1) is 24.2. The van der Waals surface area contributed by atoms with Gasteiger partial charge in [0.05, 0.1) is 11.8 Å². The molecule has 2 saturated heterocycles. The number of urea groups is 1. The highest BCUT2D eigenvalue weighted by Crippen LogP contribution is 2.24. The highest BCUT2D eigenvalue weighted by Gasteiger charge is 2.26. The van der Waals surface area contributed by atoms with Crippen LogP contribution in [0.25, 0.3) is 16.9 Å². The minimum Gasteiger partial charge on any atom is -0.376 e. The summed E-state index contributed by atoms with van der Waals surface area (Å²) in [6, 6.07) is 11.3. The van der Waals surface area contributed by atoms with E-state index in [1.165, 1.54) is 0 Å². The molecule has 1 aromatic carbocycles. The number of benzene rings is 1. The number of fused-ring (bicyclic) bond motifs is 1. The third-order valence-corrected chi connectivity index (χ3v) is 7.10. The van der Waals surface area contributed by atoms with Gasteiger partial charge >= 0.3 is 6.03 Å². The van der Waals surface area contributed by atoms with Gasteiger partial charge in [0.2, 0.25) is 0 Å². The minimum absolute atomic E-state index is 0.00431. The molecule has 0 spiro atoms. The van der Waals surface area contributed by atoms with E-state index in [-0.39, 0.29) is 24.1 Å². The summed E-state index contributed by atoms with van der Waals surface area (Å²) in [4.78, 5) is 32.1. The van der Waals surface area contributed by atoms with Gasteiger partial charge in [0.1, 0.15) is 5.69 Å². The number of nitrogens with zero attached hydrogens (tertiary/aromatic N) is 4. The van der Waals surface area contributed by atoms with Crippen molar-refractivity contribution >= 4 is 23.3 Å². The summed E-state index contributed by atoms with van der Waals surface area (Å²) in [6.07, 6.45) is 6.11. The fourth-order valence-corrected chi connectivity index (χ4v) is 5.00. The number of carbonyl (C=O) groups excluding carboxylic acids is 2. The second kappa shape index (κ2) is 10.7. The first-order chi connectivity index (χ1) is 17.5. The summed E-state index contributed by atoms with van der Waals surface area (Å²) in [6.45, 7) is 6.23. The van der Waals surface area contributed by atoms with Crippen molar-refractivity contribution in [3.63, 3.8) is 0 Å². The number of aryl methyl sites for hydroxylation is 1. The van der Waals surface area contributed by atoms with Gasteiger partial charge in [-0.2, -0.15) is 5.10 Å². The number of piperidine rings is 1. The SMILES string of the molecule is CCc1cc(C(=O)N2CCCCC2C)nc2cc(-c3ccc(NC(=O)NCC4CCCO4)cc3)nn12. The van der Waals surface area contributed by atoms with Crippen molar-refractivity contribution in [3.05, 3.63) is 47.8 Å². The Kier molecular flexibility index (Phi) is 7.18. The molecule has 0 saturated carbocycles. The van der Waals surface area contributed by atoms with Gasteiger partial charge in [0.15, 0.2) is 5.65 Å². The molecule has 2 aliphatic rings. The fourth-order valence-electron chi connectivity index (χ4n) is 5.00. The van der Waals surface area contributed by atoms with Gasteiger partial charge in [-0.15, -0.1) is 0 Å². The number of hydrogen-bond donors (Lipinski definition) is 2. The molecule has 2 fully saturated rings. The zero-order valence-corrected chi connectivity index (χ0v) is 21.0. The molecule has 4 heterocycles. The average Bonchev–Trinajstić information content (AvgIpc) is 3.57. The van der Waals surface area contributed by atoms with Gasteiger partial charge in [-0.05, 0) is 63.6 Å². The Morgan fingerprint density at radius 1 is 1.11 bits per heavy atom. The molecule has 5 rings (SSSR count). The number of amides is 3. The number of likely N-dealkylation sites (tertiary alicyclic amines) is 1. The monoisotopic (exact) mass is 490 g/mol. The van der Waals surface area contributed by atoms with Crippen LogP contribution in [0.1, 0.15) is 62.1 Å². The molecule has 2 aliphatic heterocycles. The molecule has 0 bridgehead atoms. The largest absolute Gasteiger partial charge is 0.376 e. The predicted octanol–water partition coefficient (Wildman–Crippen LogP) is 4.27. The summed E-state index contributed by atoms with van der Waals surface area (Å²) in [5.41, 5.74) is 4.46. The van der Waals surface area contributed by atoms with Crippen molar-refractivity contribution in [1.82, 2.24) is 24.8 Å². The van der Waals surface area contributed by atoms with Crippen molar-refractivity contribution in [2.75, 3.05) is 25.0 Å². The number of rotatable bonds is 6. The minimum atomic E-state index is -0.247. The molecular weight excluding hydrogens is 456 g/mol. The Bertz CT molecular complexity index is 1230. The van der Waals surface area contributed by atoms with Crippen LogP contribution in [0, 0.1) is 0 Å². The van der Waals surface area contributed by atoms with E-state index in [4.69, 9.17) is 9.84 Å². The number of hydrogen-bond acceptors (Lipinski definition) is 5. The quantitative estimate of drug-likeness (QED) is 0.537. The Morgan fingerprint density at radius 3 is 2.67 bits per heavy atom. The molecule has 9 heteroatoms. The van der Waals surface area contributed by atoms with E-state index in [0.29, 0.717) is 23.6 Å². The number of anilines is 1. The number of nitrogens with one attached hydrogen (secondary N) is 2. The van der Waals surface area contributed by atoms with E-state index in [9.17, 15) is 9.59 Å². The van der Waals surface area contributed by atoms with Crippen LogP contribution in [0.4, 0.5) is 10.5 Å². The maximum absolute atomic E-state index is 13.2. The fraction of sp³-hybridized carbons (Fsp3) is 0.481. The van der Waals surface area contributed by atoms with Gasteiger partial charge < -0.3 is 20.3 Å². The maximum Gasteiger partial charge on any atom is 0.319 e. The predicted molar refractivity (Wildman–Crippen MR) is 138 cm³/mol. The van der Waals surface area contributed by atoms with Crippen LogP contribution in [0.15, 0.2) is 36.4 Å². The van der Waals surface area contributed by atoms with Crippen molar-refractivity contribution in [2.24, 2.45) is 0 Å².